The van der Waals surface area contributed by atoms with Crippen LogP contribution in [0.3, 0.4) is 0 Å². The van der Waals surface area contributed by atoms with E-state index in [2.05, 4.69) is 35.1 Å². The standard InChI is InChI=1S/C26H24ClN5O2.C13H11Cl2N3O.C13H14N2O/c1-16-12-17(10-11-28-16)19-9-8-18(13-23(19)33-3)30-26-29-14-24-25(31-26)32(2)22(15-34-24)20-6-4-5-7-21(20)27;1-18-10(8-4-2-3-5-9(8)14)7-19-11-6-16-13(15)17-12(11)18;1-9-7-10(5-6-15-9)12-4-3-11(14)8-13(12)16-2/h4-14,22H,15H2,1-3H3,(H,29,30,31);2-6,10H,7H2,1H3;3-8H,14H2,1-2H3. The lowest BCUT2D eigenvalue weighted by Gasteiger charge is -2.35. The molecule has 0 amide bonds. The van der Waals surface area contributed by atoms with E-state index in [9.17, 15) is 0 Å². The maximum atomic E-state index is 6.44. The van der Waals surface area contributed by atoms with Crippen LogP contribution in [0.4, 0.5) is 29.0 Å². The fourth-order valence-corrected chi connectivity index (χ4v) is 8.58. The van der Waals surface area contributed by atoms with Crippen LogP contribution < -0.4 is 39.8 Å². The Labute approximate surface area is 416 Å². The Balaban J connectivity index is 0.000000154. The van der Waals surface area contributed by atoms with Gasteiger partial charge in [-0.05, 0) is 108 Å². The van der Waals surface area contributed by atoms with Crippen molar-refractivity contribution in [3.05, 3.63) is 172 Å². The molecule has 4 aromatic carbocycles. The predicted molar refractivity (Wildman–Crippen MR) is 275 cm³/mol. The molecule has 2 atom stereocenters. The maximum Gasteiger partial charge on any atom is 0.229 e. The van der Waals surface area contributed by atoms with Crippen molar-refractivity contribution in [2.24, 2.45) is 0 Å². The predicted octanol–water partition coefficient (Wildman–Crippen LogP) is 11.8. The molecular formula is C52H49Cl3N10O4. The summed E-state index contributed by atoms with van der Waals surface area (Å²) in [5, 5.41) is 4.90. The number of nitrogens with zero attached hydrogens (tertiary/aromatic N) is 8. The SMILES string of the molecule is CN1c2nc(Cl)ncc2OCC1c1ccccc1Cl.COc1cc(N)ccc1-c1ccnc(C)c1.COc1cc(Nc2ncc3c(n2)N(C)C(c2ccccc2Cl)CO3)ccc1-c1ccnc(C)c1. The fraction of sp³-hybridized carbons (Fsp3) is 0.192. The number of likely N-dealkylation sites (N-methyl/N-ethyl adjacent to an activating group) is 2. The molecule has 0 saturated carbocycles. The van der Waals surface area contributed by atoms with Crippen LogP contribution >= 0.6 is 34.8 Å². The second kappa shape index (κ2) is 21.7. The Hall–Kier alpha value is -7.39. The van der Waals surface area contributed by atoms with E-state index in [4.69, 9.17) is 64.5 Å². The van der Waals surface area contributed by atoms with Crippen molar-refractivity contribution in [3.63, 3.8) is 0 Å². The molecule has 6 heterocycles. The molecular weight excluding hydrogens is 935 g/mol. The van der Waals surface area contributed by atoms with E-state index in [0.717, 1.165) is 62.0 Å². The number of nitrogens with one attached hydrogen (secondary N) is 1. The smallest absolute Gasteiger partial charge is 0.229 e. The van der Waals surface area contributed by atoms with E-state index in [0.29, 0.717) is 58.0 Å². The number of hydrogen-bond acceptors (Lipinski definition) is 14. The van der Waals surface area contributed by atoms with Crippen LogP contribution in [-0.2, 0) is 0 Å². The topological polar surface area (TPSA) is 159 Å². The van der Waals surface area contributed by atoms with Crippen molar-refractivity contribution in [1.82, 2.24) is 29.9 Å². The highest BCUT2D eigenvalue weighted by atomic mass is 35.5. The molecule has 0 radical (unpaired) electrons. The number of anilines is 5. The third-order valence-electron chi connectivity index (χ3n) is 11.5. The number of methoxy groups -OCH3 is 2. The summed E-state index contributed by atoms with van der Waals surface area (Å²) in [6, 6.07) is 35.0. The molecule has 4 aromatic heterocycles. The van der Waals surface area contributed by atoms with Gasteiger partial charge in [0.05, 0.1) is 38.7 Å². The van der Waals surface area contributed by atoms with E-state index in [1.165, 1.54) is 0 Å². The summed E-state index contributed by atoms with van der Waals surface area (Å²) in [6.07, 6.45) is 6.87. The molecule has 0 spiro atoms. The quantitative estimate of drug-likeness (QED) is 0.109. The van der Waals surface area contributed by atoms with Gasteiger partial charge in [0.25, 0.3) is 0 Å². The molecule has 0 aliphatic carbocycles. The second-order valence-corrected chi connectivity index (χ2v) is 17.2. The molecule has 8 aromatic rings. The van der Waals surface area contributed by atoms with Crippen LogP contribution in [0.25, 0.3) is 22.3 Å². The van der Waals surface area contributed by atoms with Gasteiger partial charge in [-0.25, -0.2) is 9.97 Å². The van der Waals surface area contributed by atoms with Crippen LogP contribution in [0.2, 0.25) is 15.3 Å². The lowest BCUT2D eigenvalue weighted by Crippen LogP contribution is -2.34. The lowest BCUT2D eigenvalue weighted by atomic mass is 10.0. The minimum absolute atomic E-state index is 0.00664. The molecule has 352 valence electrons. The average molecular weight is 984 g/mol. The van der Waals surface area contributed by atoms with Crippen molar-refractivity contribution in [2.75, 3.05) is 62.4 Å². The summed E-state index contributed by atoms with van der Waals surface area (Å²) < 4.78 is 22.6. The van der Waals surface area contributed by atoms with Crippen molar-refractivity contribution in [3.8, 4) is 45.3 Å². The molecule has 3 N–H and O–H groups in total. The van der Waals surface area contributed by atoms with Gasteiger partial charge in [-0.15, -0.1) is 0 Å². The normalized spacial score (nSPS) is 14.6. The van der Waals surface area contributed by atoms with E-state index >= 15 is 0 Å². The number of nitrogen functional groups attached to an aromatic ring is 1. The summed E-state index contributed by atoms with van der Waals surface area (Å²) in [4.78, 5) is 29.8. The monoisotopic (exact) mass is 982 g/mol. The van der Waals surface area contributed by atoms with Gasteiger partial charge in [0.1, 0.15) is 24.7 Å². The number of fused-ring (bicyclic) bond motifs is 2. The van der Waals surface area contributed by atoms with Crippen LogP contribution in [0.5, 0.6) is 23.0 Å². The molecule has 10 rings (SSSR count). The Morgan fingerprint density at radius 3 is 1.65 bits per heavy atom. The van der Waals surface area contributed by atoms with E-state index < -0.39 is 0 Å². The number of aromatic nitrogens is 6. The number of halogens is 3. The van der Waals surface area contributed by atoms with Crippen LogP contribution in [0.15, 0.2) is 134 Å². The third kappa shape index (κ3) is 11.2. The van der Waals surface area contributed by atoms with Gasteiger partial charge < -0.3 is 39.8 Å². The third-order valence-corrected chi connectivity index (χ3v) is 12.3. The van der Waals surface area contributed by atoms with Gasteiger partial charge in [-0.2, -0.15) is 9.97 Å². The molecule has 69 heavy (non-hydrogen) atoms. The van der Waals surface area contributed by atoms with Gasteiger partial charge in [0.15, 0.2) is 23.1 Å². The van der Waals surface area contributed by atoms with E-state index in [-0.39, 0.29) is 17.4 Å². The Kier molecular flexibility index (Phi) is 15.1. The molecule has 2 aliphatic rings. The zero-order valence-electron chi connectivity index (χ0n) is 38.7. The van der Waals surface area contributed by atoms with Gasteiger partial charge in [0, 0.05) is 82.6 Å². The largest absolute Gasteiger partial charge is 0.496 e. The van der Waals surface area contributed by atoms with Gasteiger partial charge in [-0.3, -0.25) is 9.97 Å². The van der Waals surface area contributed by atoms with Gasteiger partial charge in [-0.1, -0.05) is 59.6 Å². The summed E-state index contributed by atoms with van der Waals surface area (Å²) in [6.45, 7) is 4.90. The minimum Gasteiger partial charge on any atom is -0.496 e. The van der Waals surface area contributed by atoms with Crippen molar-refractivity contribution in [2.45, 2.75) is 25.9 Å². The first-order chi connectivity index (χ1) is 33.4. The minimum atomic E-state index is -0.0489. The Bertz CT molecular complexity index is 3090. The lowest BCUT2D eigenvalue weighted by molar-refractivity contribution is 0.265. The number of rotatable bonds is 8. The van der Waals surface area contributed by atoms with Crippen LogP contribution in [0, 0.1) is 13.8 Å². The molecule has 2 unspecified atom stereocenters. The molecule has 0 saturated heterocycles. The molecule has 14 nitrogen and oxygen atoms in total. The zero-order chi connectivity index (χ0) is 48.6. The van der Waals surface area contributed by atoms with Crippen molar-refractivity contribution >= 4 is 63.8 Å². The first-order valence-electron chi connectivity index (χ1n) is 21.7. The first kappa shape index (κ1) is 48.1. The molecule has 17 heteroatoms. The Morgan fingerprint density at radius 1 is 0.609 bits per heavy atom. The first-order valence-corrected chi connectivity index (χ1v) is 22.9. The van der Waals surface area contributed by atoms with Crippen LogP contribution in [-0.4, -0.2) is 71.4 Å². The van der Waals surface area contributed by atoms with Crippen LogP contribution in [0.1, 0.15) is 34.6 Å². The summed E-state index contributed by atoms with van der Waals surface area (Å²) in [5.41, 5.74) is 15.3. The highest BCUT2D eigenvalue weighted by molar-refractivity contribution is 6.31. The average Bonchev–Trinajstić information content (AvgIpc) is 3.35. The van der Waals surface area contributed by atoms with E-state index in [1.54, 1.807) is 39.0 Å². The fourth-order valence-electron chi connectivity index (χ4n) is 7.92. The zero-order valence-corrected chi connectivity index (χ0v) is 41.0. The molecule has 2 aliphatic heterocycles. The number of hydrogen-bond donors (Lipinski definition) is 2. The van der Waals surface area contributed by atoms with Gasteiger partial charge in [0.2, 0.25) is 11.2 Å². The maximum absolute atomic E-state index is 6.44. The number of ether oxygens (including phenoxy) is 4. The van der Waals surface area contributed by atoms with Crippen molar-refractivity contribution < 1.29 is 18.9 Å². The molecule has 0 bridgehead atoms. The number of pyridine rings is 2. The van der Waals surface area contributed by atoms with Crippen molar-refractivity contribution in [1.29, 1.82) is 0 Å². The number of aryl methyl sites for hydroxylation is 2. The Morgan fingerprint density at radius 2 is 1.12 bits per heavy atom. The molecule has 0 fully saturated rings. The summed E-state index contributed by atoms with van der Waals surface area (Å²) in [5.74, 6) is 4.63. The number of nitrogens with two attached hydrogens (primary N) is 1. The summed E-state index contributed by atoms with van der Waals surface area (Å²) in [7, 11) is 7.23. The highest BCUT2D eigenvalue weighted by Gasteiger charge is 2.31. The van der Waals surface area contributed by atoms with E-state index in [1.807, 2.05) is 142 Å². The van der Waals surface area contributed by atoms with Gasteiger partial charge >= 0.3 is 0 Å². The highest BCUT2D eigenvalue weighted by Crippen LogP contribution is 2.41. The second-order valence-electron chi connectivity index (χ2n) is 16.0. The number of benzene rings is 4. The summed E-state index contributed by atoms with van der Waals surface area (Å²) >= 11 is 18.5.